The van der Waals surface area contributed by atoms with Gasteiger partial charge in [0.15, 0.2) is 5.82 Å². The number of benzene rings is 6. The fourth-order valence-corrected chi connectivity index (χ4v) is 7.78. The van der Waals surface area contributed by atoms with Gasteiger partial charge >= 0.3 is 0 Å². The SMILES string of the molecule is Cc1cccc(C)c1-n1cc2nc1Cc1cccc(c1)N(c1ccccc1)c1cccc(c1)-c1cn(-c3c(C)cccc3C)c(n1)N2c1ccccc1. The van der Waals surface area contributed by atoms with Crippen LogP contribution in [0.5, 0.6) is 0 Å². The molecule has 8 aromatic rings. The monoisotopic (exact) mass is 688 g/mol. The molecule has 0 saturated carbocycles. The first-order chi connectivity index (χ1) is 25.9. The number of anilines is 6. The first kappa shape index (κ1) is 32.3. The Morgan fingerprint density at radius 2 is 0.981 bits per heavy atom. The zero-order valence-corrected chi connectivity index (χ0v) is 30.4. The van der Waals surface area contributed by atoms with Crippen LogP contribution in [-0.2, 0) is 6.42 Å². The Morgan fingerprint density at radius 3 is 1.62 bits per heavy atom. The van der Waals surface area contributed by atoms with E-state index in [0.29, 0.717) is 6.42 Å². The van der Waals surface area contributed by atoms with Gasteiger partial charge in [-0.3, -0.25) is 9.47 Å². The Kier molecular flexibility index (Phi) is 8.00. The molecule has 53 heavy (non-hydrogen) atoms. The van der Waals surface area contributed by atoms with Gasteiger partial charge in [-0.2, -0.15) is 0 Å². The summed E-state index contributed by atoms with van der Waals surface area (Å²) in [7, 11) is 0. The van der Waals surface area contributed by atoms with Crippen LogP contribution in [0.1, 0.15) is 33.6 Å². The molecular weight excluding hydrogens is 649 g/mol. The van der Waals surface area contributed by atoms with E-state index in [0.717, 1.165) is 63.0 Å². The van der Waals surface area contributed by atoms with Gasteiger partial charge in [0.05, 0.1) is 29.0 Å². The molecule has 0 aliphatic carbocycles. The molecule has 0 atom stereocenters. The lowest BCUT2D eigenvalue weighted by molar-refractivity contribution is 0.899. The predicted octanol–water partition coefficient (Wildman–Crippen LogP) is 11.8. The molecule has 6 nitrogen and oxygen atoms in total. The second-order valence-electron chi connectivity index (χ2n) is 13.9. The highest BCUT2D eigenvalue weighted by Crippen LogP contribution is 2.41. The minimum Gasteiger partial charge on any atom is -0.310 e. The summed E-state index contributed by atoms with van der Waals surface area (Å²) in [5.74, 6) is 2.51. The maximum absolute atomic E-state index is 5.53. The maximum Gasteiger partial charge on any atom is 0.221 e. The Bertz CT molecular complexity index is 2560. The third-order valence-corrected chi connectivity index (χ3v) is 10.2. The van der Waals surface area contributed by atoms with Crippen LogP contribution in [0.2, 0.25) is 0 Å². The summed E-state index contributed by atoms with van der Waals surface area (Å²) in [6.45, 7) is 8.70. The van der Waals surface area contributed by atoms with E-state index in [1.807, 2.05) is 0 Å². The smallest absolute Gasteiger partial charge is 0.221 e. The maximum atomic E-state index is 5.53. The summed E-state index contributed by atoms with van der Waals surface area (Å²) in [6, 6.07) is 51.6. The lowest BCUT2D eigenvalue weighted by Crippen LogP contribution is -2.16. The van der Waals surface area contributed by atoms with Crippen LogP contribution in [0.3, 0.4) is 0 Å². The summed E-state index contributed by atoms with van der Waals surface area (Å²) in [4.78, 5) is 15.6. The third kappa shape index (κ3) is 5.78. The number of aryl methyl sites for hydroxylation is 4. The number of para-hydroxylation sites is 4. The van der Waals surface area contributed by atoms with E-state index >= 15 is 0 Å². The summed E-state index contributed by atoms with van der Waals surface area (Å²) in [6.07, 6.45) is 5.00. The van der Waals surface area contributed by atoms with Crippen molar-refractivity contribution in [1.82, 2.24) is 19.1 Å². The third-order valence-electron chi connectivity index (χ3n) is 10.2. The lowest BCUT2D eigenvalue weighted by Gasteiger charge is -2.26. The Balaban J connectivity index is 1.39. The number of aromatic nitrogens is 4. The summed E-state index contributed by atoms with van der Waals surface area (Å²) >= 11 is 0. The van der Waals surface area contributed by atoms with Gasteiger partial charge in [-0.25, -0.2) is 9.97 Å². The minimum absolute atomic E-state index is 0.628. The van der Waals surface area contributed by atoms with Crippen molar-refractivity contribution >= 4 is 34.5 Å². The largest absolute Gasteiger partial charge is 0.310 e. The quantitative estimate of drug-likeness (QED) is 0.185. The van der Waals surface area contributed by atoms with Gasteiger partial charge in [-0.1, -0.05) is 97.1 Å². The molecule has 2 aromatic heterocycles. The van der Waals surface area contributed by atoms with Crippen molar-refractivity contribution in [3.05, 3.63) is 192 Å². The van der Waals surface area contributed by atoms with Crippen LogP contribution in [-0.4, -0.2) is 19.1 Å². The number of imidazole rings is 2. The molecule has 0 radical (unpaired) electrons. The molecule has 8 bridgehead atoms. The van der Waals surface area contributed by atoms with E-state index < -0.39 is 0 Å². The number of nitrogens with zero attached hydrogens (tertiary/aromatic N) is 6. The Morgan fingerprint density at radius 1 is 0.453 bits per heavy atom. The zero-order chi connectivity index (χ0) is 36.1. The molecule has 0 fully saturated rings. The van der Waals surface area contributed by atoms with Gasteiger partial charge in [0.25, 0.3) is 0 Å². The standard InChI is InChI=1S/C47H40N6/c1-32-15-11-16-33(2)45(32)50-31-44-49-43(50)28-36-19-13-25-40(27-36)52(38-21-7-5-8-22-38)41-26-14-20-37(29-41)42-30-51(46-34(3)17-12-18-35(46)4)47(48-42)53(44)39-23-9-6-10-24-39/h5-27,29-31H,28H2,1-4H3. The fourth-order valence-electron chi connectivity index (χ4n) is 7.78. The Hall–Kier alpha value is -6.66. The molecule has 0 unspecified atom stereocenters. The van der Waals surface area contributed by atoms with E-state index in [1.165, 1.54) is 27.8 Å². The minimum atomic E-state index is 0.628. The Labute approximate surface area is 310 Å². The van der Waals surface area contributed by atoms with Gasteiger partial charge in [-0.15, -0.1) is 0 Å². The van der Waals surface area contributed by atoms with Crippen molar-refractivity contribution in [2.75, 3.05) is 9.80 Å². The summed E-state index contributed by atoms with van der Waals surface area (Å²) in [5, 5.41) is 0. The average molecular weight is 689 g/mol. The van der Waals surface area contributed by atoms with Gasteiger partial charge in [-0.05, 0) is 104 Å². The molecular formula is C47H40N6. The van der Waals surface area contributed by atoms with Gasteiger partial charge in [0.2, 0.25) is 5.95 Å². The summed E-state index contributed by atoms with van der Waals surface area (Å²) in [5.41, 5.74) is 14.2. The first-order valence-corrected chi connectivity index (χ1v) is 18.1. The average Bonchev–Trinajstić information content (AvgIpc) is 3.77. The molecule has 0 amide bonds. The van der Waals surface area contributed by atoms with Crippen LogP contribution < -0.4 is 9.80 Å². The predicted molar refractivity (Wildman–Crippen MR) is 217 cm³/mol. The molecule has 9 rings (SSSR count). The van der Waals surface area contributed by atoms with Crippen molar-refractivity contribution < 1.29 is 0 Å². The lowest BCUT2D eigenvalue weighted by atomic mass is 10.1. The molecule has 0 saturated heterocycles. The number of hydrogen-bond acceptors (Lipinski definition) is 4. The van der Waals surface area contributed by atoms with Crippen LogP contribution in [0.4, 0.5) is 34.5 Å². The van der Waals surface area contributed by atoms with Gasteiger partial charge < -0.3 is 9.47 Å². The molecule has 258 valence electrons. The van der Waals surface area contributed by atoms with Crippen molar-refractivity contribution in [2.24, 2.45) is 0 Å². The second-order valence-corrected chi connectivity index (χ2v) is 13.9. The first-order valence-electron chi connectivity index (χ1n) is 18.1. The highest BCUT2D eigenvalue weighted by atomic mass is 15.4. The molecule has 6 heteroatoms. The van der Waals surface area contributed by atoms with E-state index in [9.17, 15) is 0 Å². The van der Waals surface area contributed by atoms with Crippen LogP contribution in [0.15, 0.2) is 158 Å². The molecule has 0 spiro atoms. The van der Waals surface area contributed by atoms with Crippen molar-refractivity contribution in [3.8, 4) is 22.6 Å². The van der Waals surface area contributed by atoms with E-state index in [1.54, 1.807) is 0 Å². The van der Waals surface area contributed by atoms with Crippen LogP contribution >= 0.6 is 0 Å². The second kappa shape index (κ2) is 13.1. The molecule has 1 aliphatic rings. The van der Waals surface area contributed by atoms with Crippen LogP contribution in [0, 0.1) is 27.7 Å². The summed E-state index contributed by atoms with van der Waals surface area (Å²) < 4.78 is 4.54. The van der Waals surface area contributed by atoms with Crippen molar-refractivity contribution in [3.63, 3.8) is 0 Å². The van der Waals surface area contributed by atoms with Crippen molar-refractivity contribution in [2.45, 2.75) is 34.1 Å². The van der Waals surface area contributed by atoms with E-state index in [-0.39, 0.29) is 0 Å². The van der Waals surface area contributed by atoms with Gasteiger partial charge in [0.1, 0.15) is 5.82 Å². The molecule has 6 aromatic carbocycles. The molecule has 3 heterocycles. The van der Waals surface area contributed by atoms with Crippen LogP contribution in [0.25, 0.3) is 22.6 Å². The molecule has 0 N–H and O–H groups in total. The highest BCUT2D eigenvalue weighted by Gasteiger charge is 2.27. The molecule has 1 aliphatic heterocycles. The fraction of sp³-hybridized carbons (Fsp3) is 0.106. The number of fused-ring (bicyclic) bond motifs is 9. The normalized spacial score (nSPS) is 12.4. The topological polar surface area (TPSA) is 42.1 Å². The zero-order valence-electron chi connectivity index (χ0n) is 30.4. The van der Waals surface area contributed by atoms with Crippen molar-refractivity contribution in [1.29, 1.82) is 0 Å². The van der Waals surface area contributed by atoms with E-state index in [4.69, 9.17) is 9.97 Å². The number of hydrogen-bond donors (Lipinski definition) is 0. The number of rotatable bonds is 4. The highest BCUT2D eigenvalue weighted by molar-refractivity contribution is 5.81. The van der Waals surface area contributed by atoms with Gasteiger partial charge in [0, 0.05) is 35.2 Å². The van der Waals surface area contributed by atoms with E-state index in [2.05, 4.69) is 205 Å².